The van der Waals surface area contributed by atoms with Gasteiger partial charge in [-0.1, -0.05) is 63.2 Å². The lowest BCUT2D eigenvalue weighted by Gasteiger charge is -2.52. The summed E-state index contributed by atoms with van der Waals surface area (Å²) in [7, 11) is -5.90. The van der Waals surface area contributed by atoms with Crippen LogP contribution in [0.15, 0.2) is 59.5 Å². The van der Waals surface area contributed by atoms with Gasteiger partial charge in [-0.15, -0.1) is 0 Å². The molecule has 1 N–H and O–H groups in total. The normalized spacial score (nSPS) is 19.5. The van der Waals surface area contributed by atoms with Crippen molar-refractivity contribution in [1.29, 1.82) is 0 Å². The number of carbonyl (C=O) groups excluding carboxylic acids is 1. The van der Waals surface area contributed by atoms with Gasteiger partial charge in [0.25, 0.3) is 5.69 Å². The molecule has 1 unspecified atom stereocenters. The molecular formula is C24H33N3O6SSi. The molecule has 2 aromatic carbocycles. The van der Waals surface area contributed by atoms with Crippen LogP contribution in [-0.4, -0.2) is 51.5 Å². The van der Waals surface area contributed by atoms with Gasteiger partial charge >= 0.3 is 0 Å². The van der Waals surface area contributed by atoms with Crippen molar-refractivity contribution in [2.24, 2.45) is 5.41 Å². The summed E-state index contributed by atoms with van der Waals surface area (Å²) in [5, 5.41) is 11.5. The minimum absolute atomic E-state index is 0.0997. The van der Waals surface area contributed by atoms with E-state index in [1.54, 1.807) is 4.90 Å². The van der Waals surface area contributed by atoms with Crippen molar-refractivity contribution in [1.82, 2.24) is 9.62 Å². The van der Waals surface area contributed by atoms with E-state index in [0.29, 0.717) is 6.42 Å². The predicted octanol–water partition coefficient (Wildman–Crippen LogP) is 3.46. The highest BCUT2D eigenvalue weighted by atomic mass is 32.2. The predicted molar refractivity (Wildman–Crippen MR) is 136 cm³/mol. The maximum Gasteiger partial charge on any atom is 0.289 e. The molecule has 3 rings (SSSR count). The number of carbonyl (C=O) groups is 1. The van der Waals surface area contributed by atoms with E-state index in [1.807, 2.05) is 43.4 Å². The number of sulfonamides is 1. The Bertz CT molecular complexity index is 1180. The molecule has 2 atom stereocenters. The minimum Gasteiger partial charge on any atom is -0.401 e. The first kappa shape index (κ1) is 27.0. The Hall–Kier alpha value is -2.60. The van der Waals surface area contributed by atoms with Crippen molar-refractivity contribution in [3.63, 3.8) is 0 Å². The molecule has 0 aromatic heterocycles. The molecule has 1 fully saturated rings. The van der Waals surface area contributed by atoms with Gasteiger partial charge in [0.05, 0.1) is 11.5 Å². The maximum atomic E-state index is 13.7. The van der Waals surface area contributed by atoms with Crippen LogP contribution in [0.3, 0.4) is 0 Å². The van der Waals surface area contributed by atoms with Crippen LogP contribution in [0.4, 0.5) is 5.69 Å². The molecular weight excluding hydrogens is 486 g/mol. The number of hydrogen-bond acceptors (Lipinski definition) is 6. The standard InChI is InChI=1S/C24H33N3O6SSi/c1-23(2,3)16-21(33-35(4)5)26-17-24(22(26)28,15-18-11-7-6-8-12-18)25-34(31,32)20-14-10-9-13-19(20)27(29)30/h6-14,21,25,35H,15-17H2,1-5H3/t21?,24-/m0/s1. The highest BCUT2D eigenvalue weighted by Gasteiger charge is 2.57. The number of rotatable bonds is 10. The Kier molecular flexibility index (Phi) is 7.85. The van der Waals surface area contributed by atoms with Gasteiger partial charge in [-0.3, -0.25) is 14.9 Å². The molecule has 35 heavy (non-hydrogen) atoms. The number of nitro groups is 1. The number of para-hydroxylation sites is 1. The van der Waals surface area contributed by atoms with E-state index in [0.717, 1.165) is 11.6 Å². The number of benzene rings is 2. The second-order valence-electron chi connectivity index (χ2n) is 10.4. The van der Waals surface area contributed by atoms with Crippen molar-refractivity contribution < 1.29 is 22.6 Å². The fraction of sp³-hybridized carbons (Fsp3) is 0.458. The molecule has 0 aliphatic carbocycles. The lowest BCUT2D eigenvalue weighted by atomic mass is 9.81. The zero-order valence-corrected chi connectivity index (χ0v) is 22.7. The van der Waals surface area contributed by atoms with Crippen molar-refractivity contribution in [2.75, 3.05) is 6.54 Å². The van der Waals surface area contributed by atoms with Crippen LogP contribution in [0.2, 0.25) is 13.1 Å². The van der Waals surface area contributed by atoms with Crippen LogP contribution >= 0.6 is 0 Å². The second-order valence-corrected chi connectivity index (χ2v) is 14.4. The lowest BCUT2D eigenvalue weighted by molar-refractivity contribution is -0.387. The summed E-state index contributed by atoms with van der Waals surface area (Å²) in [6.45, 7) is 10.3. The molecule has 11 heteroatoms. The van der Waals surface area contributed by atoms with Gasteiger partial charge in [-0.25, -0.2) is 8.42 Å². The summed E-state index contributed by atoms with van der Waals surface area (Å²) in [6, 6.07) is 14.2. The first-order valence-electron chi connectivity index (χ1n) is 11.5. The van der Waals surface area contributed by atoms with E-state index >= 15 is 0 Å². The van der Waals surface area contributed by atoms with Gasteiger partial charge in [0.15, 0.2) is 13.9 Å². The smallest absolute Gasteiger partial charge is 0.289 e. The molecule has 0 radical (unpaired) electrons. The quantitative estimate of drug-likeness (QED) is 0.222. The molecule has 0 saturated carbocycles. The van der Waals surface area contributed by atoms with Gasteiger partial charge in [-0.2, -0.15) is 4.72 Å². The number of hydrogen-bond donors (Lipinski definition) is 1. The number of nitro benzene ring substituents is 1. The number of likely N-dealkylation sites (tertiary alicyclic amines) is 1. The summed E-state index contributed by atoms with van der Waals surface area (Å²) < 4.78 is 35.5. The minimum atomic E-state index is -4.39. The SMILES string of the molecule is C[SiH](C)OC(CC(C)(C)C)N1C[C@](Cc2ccccc2)(NS(=O)(=O)c2ccccc2[N+](=O)[O-])C1=O. The van der Waals surface area contributed by atoms with Crippen molar-refractivity contribution in [3.05, 3.63) is 70.3 Å². The van der Waals surface area contributed by atoms with Gasteiger partial charge < -0.3 is 9.33 Å². The lowest BCUT2D eigenvalue weighted by Crippen LogP contribution is -2.77. The first-order valence-corrected chi connectivity index (χ1v) is 15.8. The Morgan fingerprint density at radius 3 is 2.29 bits per heavy atom. The topological polar surface area (TPSA) is 119 Å². The van der Waals surface area contributed by atoms with Crippen molar-refractivity contribution in [2.45, 2.75) is 63.4 Å². The zero-order valence-electron chi connectivity index (χ0n) is 20.7. The highest BCUT2D eigenvalue weighted by Crippen LogP contribution is 2.36. The summed E-state index contributed by atoms with van der Waals surface area (Å²) in [6.07, 6.45) is 0.251. The largest absolute Gasteiger partial charge is 0.401 e. The Balaban J connectivity index is 1.98. The van der Waals surface area contributed by atoms with E-state index in [1.165, 1.54) is 18.2 Å². The second kappa shape index (κ2) is 10.2. The number of amides is 1. The summed E-state index contributed by atoms with van der Waals surface area (Å²) in [5.41, 5.74) is -1.35. The molecule has 2 aromatic rings. The van der Waals surface area contributed by atoms with Crippen molar-refractivity contribution >= 4 is 30.7 Å². The van der Waals surface area contributed by atoms with Crippen LogP contribution in [0.25, 0.3) is 0 Å². The van der Waals surface area contributed by atoms with Gasteiger partial charge in [0, 0.05) is 12.5 Å². The average molecular weight is 520 g/mol. The third-order valence-electron chi connectivity index (χ3n) is 5.70. The van der Waals surface area contributed by atoms with Crippen LogP contribution < -0.4 is 4.72 Å². The monoisotopic (exact) mass is 519 g/mol. The van der Waals surface area contributed by atoms with E-state index in [-0.39, 0.29) is 18.4 Å². The van der Waals surface area contributed by atoms with Crippen molar-refractivity contribution in [3.8, 4) is 0 Å². The Morgan fingerprint density at radius 2 is 1.74 bits per heavy atom. The van der Waals surface area contributed by atoms with Crippen LogP contribution in [0.1, 0.15) is 32.8 Å². The fourth-order valence-electron chi connectivity index (χ4n) is 4.25. The summed E-state index contributed by atoms with van der Waals surface area (Å²) in [5.74, 6) is -0.396. The van der Waals surface area contributed by atoms with Gasteiger partial charge in [0.1, 0.15) is 11.8 Å². The van der Waals surface area contributed by atoms with Crippen LogP contribution in [0.5, 0.6) is 0 Å². The number of β-lactam (4-membered cyclic amide) rings is 1. The molecule has 9 nitrogen and oxygen atoms in total. The average Bonchev–Trinajstić information content (AvgIpc) is 2.75. The molecule has 1 amide bonds. The maximum absolute atomic E-state index is 13.7. The molecule has 1 saturated heterocycles. The Labute approximate surface area is 208 Å². The van der Waals surface area contributed by atoms with Crippen LogP contribution in [0, 0.1) is 15.5 Å². The number of nitrogens with one attached hydrogen (secondary N) is 1. The number of nitrogens with zero attached hydrogens (tertiary/aromatic N) is 2. The van der Waals surface area contributed by atoms with E-state index in [9.17, 15) is 23.3 Å². The van der Waals surface area contributed by atoms with E-state index in [4.69, 9.17) is 4.43 Å². The molecule has 190 valence electrons. The van der Waals surface area contributed by atoms with Gasteiger partial charge in [0.2, 0.25) is 15.9 Å². The van der Waals surface area contributed by atoms with Gasteiger partial charge in [-0.05, 0) is 36.6 Å². The first-order chi connectivity index (χ1) is 16.2. The molecule has 1 aliphatic heterocycles. The Morgan fingerprint density at radius 1 is 1.14 bits per heavy atom. The zero-order chi connectivity index (χ0) is 26.0. The van der Waals surface area contributed by atoms with Crippen LogP contribution in [-0.2, 0) is 25.7 Å². The third kappa shape index (κ3) is 6.34. The van der Waals surface area contributed by atoms with E-state index < -0.39 is 52.2 Å². The third-order valence-corrected chi connectivity index (χ3v) is 8.15. The molecule has 1 heterocycles. The molecule has 0 bridgehead atoms. The summed E-state index contributed by atoms with van der Waals surface area (Å²) in [4.78, 5) is 25.6. The molecule has 1 aliphatic rings. The van der Waals surface area contributed by atoms with E-state index in [2.05, 4.69) is 25.5 Å². The highest BCUT2D eigenvalue weighted by molar-refractivity contribution is 7.89. The molecule has 0 spiro atoms. The summed E-state index contributed by atoms with van der Waals surface area (Å²) >= 11 is 0. The fourth-order valence-corrected chi connectivity index (χ4v) is 6.65.